The van der Waals surface area contributed by atoms with Crippen molar-refractivity contribution < 1.29 is 4.39 Å². The summed E-state index contributed by atoms with van der Waals surface area (Å²) in [6.07, 6.45) is 3.88. The molecule has 0 aromatic heterocycles. The maximum atomic E-state index is 12.9. The number of aryl methyl sites for hydroxylation is 1. The third-order valence-corrected chi connectivity index (χ3v) is 3.00. The highest BCUT2D eigenvalue weighted by molar-refractivity contribution is 5.26. The van der Waals surface area contributed by atoms with Crippen LogP contribution in [0.2, 0.25) is 0 Å². The van der Waals surface area contributed by atoms with Gasteiger partial charge in [-0.1, -0.05) is 12.5 Å². The molecule has 1 aromatic rings. The molecule has 76 valence electrons. The number of nitrogens with one attached hydrogen (secondary N) is 1. The Morgan fingerprint density at radius 2 is 2.21 bits per heavy atom. The fourth-order valence-electron chi connectivity index (χ4n) is 1.70. The van der Waals surface area contributed by atoms with Gasteiger partial charge in [0.15, 0.2) is 0 Å². The molecule has 1 aliphatic rings. The smallest absolute Gasteiger partial charge is 0.123 e. The molecule has 0 bridgehead atoms. The molecule has 1 aromatic carbocycles. The summed E-state index contributed by atoms with van der Waals surface area (Å²) in [4.78, 5) is 0. The van der Waals surface area contributed by atoms with E-state index in [0.717, 1.165) is 12.1 Å². The zero-order chi connectivity index (χ0) is 9.97. The van der Waals surface area contributed by atoms with Crippen LogP contribution in [0.25, 0.3) is 0 Å². The second-order valence-corrected chi connectivity index (χ2v) is 4.08. The average molecular weight is 193 g/mol. The highest BCUT2D eigenvalue weighted by atomic mass is 19.1. The SMILES string of the molecule is Cc1ccc(F)cc1CNC1CCC1. The lowest BCUT2D eigenvalue weighted by atomic mass is 9.93. The zero-order valence-corrected chi connectivity index (χ0v) is 8.52. The quantitative estimate of drug-likeness (QED) is 0.778. The third-order valence-electron chi connectivity index (χ3n) is 3.00. The van der Waals surface area contributed by atoms with Crippen molar-refractivity contribution in [2.45, 2.75) is 38.8 Å². The van der Waals surface area contributed by atoms with E-state index < -0.39 is 0 Å². The van der Waals surface area contributed by atoms with Crippen LogP contribution in [0.3, 0.4) is 0 Å². The first-order chi connectivity index (χ1) is 6.75. The second-order valence-electron chi connectivity index (χ2n) is 4.08. The fraction of sp³-hybridized carbons (Fsp3) is 0.500. The fourth-order valence-corrected chi connectivity index (χ4v) is 1.70. The molecule has 0 unspecified atom stereocenters. The molecule has 0 aliphatic heterocycles. The minimum atomic E-state index is -0.138. The standard InChI is InChI=1S/C12H16FN/c1-9-5-6-11(13)7-10(9)8-14-12-3-2-4-12/h5-7,12,14H,2-4,8H2,1H3. The zero-order valence-electron chi connectivity index (χ0n) is 8.52. The van der Waals surface area contributed by atoms with Crippen LogP contribution in [0.4, 0.5) is 4.39 Å². The molecule has 2 rings (SSSR count). The Labute approximate surface area is 84.3 Å². The van der Waals surface area contributed by atoms with Gasteiger partial charge in [-0.05, 0) is 43.0 Å². The lowest BCUT2D eigenvalue weighted by Gasteiger charge is -2.26. The van der Waals surface area contributed by atoms with Crippen LogP contribution >= 0.6 is 0 Å². The lowest BCUT2D eigenvalue weighted by Crippen LogP contribution is -2.34. The van der Waals surface area contributed by atoms with E-state index >= 15 is 0 Å². The Balaban J connectivity index is 1.96. The molecule has 0 radical (unpaired) electrons. The van der Waals surface area contributed by atoms with Crippen molar-refractivity contribution in [3.8, 4) is 0 Å². The predicted molar refractivity (Wildman–Crippen MR) is 55.6 cm³/mol. The molecule has 0 saturated heterocycles. The molecular formula is C12H16FN. The second kappa shape index (κ2) is 4.09. The molecule has 14 heavy (non-hydrogen) atoms. The average Bonchev–Trinajstić information content (AvgIpc) is 2.08. The minimum Gasteiger partial charge on any atom is -0.310 e. The van der Waals surface area contributed by atoms with E-state index in [1.165, 1.54) is 30.9 Å². The number of rotatable bonds is 3. The van der Waals surface area contributed by atoms with Crippen molar-refractivity contribution in [2.75, 3.05) is 0 Å². The molecule has 0 amide bonds. The Morgan fingerprint density at radius 1 is 1.43 bits per heavy atom. The largest absolute Gasteiger partial charge is 0.310 e. The molecule has 0 atom stereocenters. The molecule has 1 N–H and O–H groups in total. The summed E-state index contributed by atoms with van der Waals surface area (Å²) in [6, 6.07) is 5.65. The number of hydrogen-bond donors (Lipinski definition) is 1. The van der Waals surface area contributed by atoms with Crippen molar-refractivity contribution in [3.63, 3.8) is 0 Å². The monoisotopic (exact) mass is 193 g/mol. The Morgan fingerprint density at radius 3 is 2.86 bits per heavy atom. The van der Waals surface area contributed by atoms with Crippen molar-refractivity contribution in [3.05, 3.63) is 35.1 Å². The van der Waals surface area contributed by atoms with Gasteiger partial charge in [0.05, 0.1) is 0 Å². The van der Waals surface area contributed by atoms with Crippen molar-refractivity contribution in [1.82, 2.24) is 5.32 Å². The van der Waals surface area contributed by atoms with Gasteiger partial charge in [-0.15, -0.1) is 0 Å². The summed E-state index contributed by atoms with van der Waals surface area (Å²) in [5.41, 5.74) is 2.25. The first-order valence-corrected chi connectivity index (χ1v) is 5.24. The Kier molecular flexibility index (Phi) is 2.82. The van der Waals surface area contributed by atoms with Crippen molar-refractivity contribution in [1.29, 1.82) is 0 Å². The highest BCUT2D eigenvalue weighted by Gasteiger charge is 2.16. The molecule has 0 spiro atoms. The van der Waals surface area contributed by atoms with Crippen LogP contribution in [0.1, 0.15) is 30.4 Å². The topological polar surface area (TPSA) is 12.0 Å². The van der Waals surface area contributed by atoms with Crippen molar-refractivity contribution >= 4 is 0 Å². The summed E-state index contributed by atoms with van der Waals surface area (Å²) in [5.74, 6) is -0.138. The van der Waals surface area contributed by atoms with E-state index in [1.807, 2.05) is 13.0 Å². The van der Waals surface area contributed by atoms with Gasteiger partial charge >= 0.3 is 0 Å². The highest BCUT2D eigenvalue weighted by Crippen LogP contribution is 2.19. The van der Waals surface area contributed by atoms with Gasteiger partial charge in [0.1, 0.15) is 5.82 Å². The van der Waals surface area contributed by atoms with E-state index in [0.29, 0.717) is 6.04 Å². The molecule has 1 saturated carbocycles. The minimum absolute atomic E-state index is 0.138. The summed E-state index contributed by atoms with van der Waals surface area (Å²) < 4.78 is 12.9. The normalized spacial score (nSPS) is 16.7. The third kappa shape index (κ3) is 2.13. The van der Waals surface area contributed by atoms with Gasteiger partial charge < -0.3 is 5.32 Å². The van der Waals surface area contributed by atoms with Crippen LogP contribution < -0.4 is 5.32 Å². The van der Waals surface area contributed by atoms with Crippen LogP contribution in [0, 0.1) is 12.7 Å². The van der Waals surface area contributed by atoms with Crippen molar-refractivity contribution in [2.24, 2.45) is 0 Å². The van der Waals surface area contributed by atoms with E-state index in [4.69, 9.17) is 0 Å². The molecule has 1 fully saturated rings. The van der Waals surface area contributed by atoms with Crippen LogP contribution in [0.5, 0.6) is 0 Å². The molecular weight excluding hydrogens is 177 g/mol. The first kappa shape index (κ1) is 9.66. The van der Waals surface area contributed by atoms with Gasteiger partial charge in [0.2, 0.25) is 0 Å². The molecule has 2 heteroatoms. The van der Waals surface area contributed by atoms with E-state index in [-0.39, 0.29) is 5.82 Å². The van der Waals surface area contributed by atoms with Gasteiger partial charge in [-0.2, -0.15) is 0 Å². The van der Waals surface area contributed by atoms with Gasteiger partial charge in [-0.3, -0.25) is 0 Å². The van der Waals surface area contributed by atoms with Crippen LogP contribution in [0.15, 0.2) is 18.2 Å². The molecule has 1 aliphatic carbocycles. The number of benzene rings is 1. The number of hydrogen-bond acceptors (Lipinski definition) is 1. The summed E-state index contributed by atoms with van der Waals surface area (Å²) in [6.45, 7) is 2.82. The van der Waals surface area contributed by atoms with E-state index in [2.05, 4.69) is 5.32 Å². The van der Waals surface area contributed by atoms with Crippen LogP contribution in [-0.2, 0) is 6.54 Å². The van der Waals surface area contributed by atoms with E-state index in [9.17, 15) is 4.39 Å². The Bertz CT molecular complexity index is 318. The molecule has 1 nitrogen and oxygen atoms in total. The van der Waals surface area contributed by atoms with E-state index in [1.54, 1.807) is 6.07 Å². The summed E-state index contributed by atoms with van der Waals surface area (Å²) in [5, 5.41) is 3.44. The van der Waals surface area contributed by atoms with Gasteiger partial charge in [-0.25, -0.2) is 4.39 Å². The van der Waals surface area contributed by atoms with Gasteiger partial charge in [0.25, 0.3) is 0 Å². The number of halogens is 1. The molecule has 0 heterocycles. The predicted octanol–water partition coefficient (Wildman–Crippen LogP) is 2.78. The summed E-state index contributed by atoms with van der Waals surface area (Å²) >= 11 is 0. The summed E-state index contributed by atoms with van der Waals surface area (Å²) in [7, 11) is 0. The van der Waals surface area contributed by atoms with Crippen LogP contribution in [-0.4, -0.2) is 6.04 Å². The first-order valence-electron chi connectivity index (χ1n) is 5.24. The lowest BCUT2D eigenvalue weighted by molar-refractivity contribution is 0.338. The van der Waals surface area contributed by atoms with Gasteiger partial charge in [0, 0.05) is 12.6 Å². The Hall–Kier alpha value is -0.890. The maximum absolute atomic E-state index is 12.9. The maximum Gasteiger partial charge on any atom is 0.123 e.